The zero-order chi connectivity index (χ0) is 11.7. The van der Waals surface area contributed by atoms with Crippen molar-refractivity contribution in [1.82, 2.24) is 4.98 Å². The average molecular weight is 278 g/mol. The van der Waals surface area contributed by atoms with Gasteiger partial charge in [-0.3, -0.25) is 10.1 Å². The van der Waals surface area contributed by atoms with Gasteiger partial charge in [-0.25, -0.2) is 4.98 Å². The van der Waals surface area contributed by atoms with E-state index in [0.29, 0.717) is 9.86 Å². The Hall–Kier alpha value is -2.00. The van der Waals surface area contributed by atoms with Crippen molar-refractivity contribution in [2.45, 2.75) is 0 Å². The number of rotatable bonds is 1. The molecule has 0 unspecified atom stereocenters. The number of benzene rings is 1. The number of fused-ring (bicyclic) bond motifs is 1. The van der Waals surface area contributed by atoms with Crippen molar-refractivity contribution in [2.75, 3.05) is 0 Å². The van der Waals surface area contributed by atoms with Crippen LogP contribution in [0.5, 0.6) is 0 Å². The fourth-order valence-electron chi connectivity index (χ4n) is 1.48. The summed E-state index contributed by atoms with van der Waals surface area (Å²) in [5.41, 5.74) is -0.0478. The van der Waals surface area contributed by atoms with Crippen LogP contribution in [-0.4, -0.2) is 9.91 Å². The van der Waals surface area contributed by atoms with Gasteiger partial charge < -0.3 is 0 Å². The number of nitriles is 1. The minimum Gasteiger partial charge on any atom is -0.258 e. The van der Waals surface area contributed by atoms with Crippen LogP contribution < -0.4 is 0 Å². The van der Waals surface area contributed by atoms with Gasteiger partial charge in [0.2, 0.25) is 0 Å². The highest BCUT2D eigenvalue weighted by molar-refractivity contribution is 9.10. The third-order valence-electron chi connectivity index (χ3n) is 2.15. The summed E-state index contributed by atoms with van der Waals surface area (Å²) in [5, 5.41) is 20.6. The van der Waals surface area contributed by atoms with Crippen LogP contribution in [0.3, 0.4) is 0 Å². The van der Waals surface area contributed by atoms with Crippen LogP contribution in [0.25, 0.3) is 10.8 Å². The summed E-state index contributed by atoms with van der Waals surface area (Å²) in [7, 11) is 0. The van der Waals surface area contributed by atoms with Crippen molar-refractivity contribution < 1.29 is 4.92 Å². The van der Waals surface area contributed by atoms with Crippen LogP contribution in [-0.2, 0) is 0 Å². The zero-order valence-electron chi connectivity index (χ0n) is 7.85. The van der Waals surface area contributed by atoms with Crippen LogP contribution in [0.2, 0.25) is 0 Å². The summed E-state index contributed by atoms with van der Waals surface area (Å²) in [6.45, 7) is 0. The molecule has 1 aromatic heterocycles. The quantitative estimate of drug-likeness (QED) is 0.593. The number of nitro groups is 1. The lowest BCUT2D eigenvalue weighted by Gasteiger charge is -2.02. The summed E-state index contributed by atoms with van der Waals surface area (Å²) in [6, 6.07) is 6.49. The molecule has 0 saturated heterocycles. The molecule has 5 nitrogen and oxygen atoms in total. The molecule has 0 aliphatic carbocycles. The van der Waals surface area contributed by atoms with Gasteiger partial charge >= 0.3 is 0 Å². The first kappa shape index (κ1) is 10.5. The Kier molecular flexibility index (Phi) is 2.54. The molecule has 0 N–H and O–H groups in total. The Morgan fingerprint density at radius 3 is 2.88 bits per heavy atom. The molecule has 1 aromatic carbocycles. The van der Waals surface area contributed by atoms with Crippen molar-refractivity contribution in [3.63, 3.8) is 0 Å². The van der Waals surface area contributed by atoms with Gasteiger partial charge in [0.25, 0.3) is 5.69 Å². The first-order valence-corrected chi connectivity index (χ1v) is 5.06. The average Bonchev–Trinajstić information content (AvgIpc) is 2.29. The number of hydrogen-bond donors (Lipinski definition) is 0. The first-order chi connectivity index (χ1) is 7.65. The third kappa shape index (κ3) is 1.51. The van der Waals surface area contributed by atoms with Crippen LogP contribution >= 0.6 is 15.9 Å². The van der Waals surface area contributed by atoms with Gasteiger partial charge in [-0.15, -0.1) is 0 Å². The second-order valence-corrected chi connectivity index (χ2v) is 3.88. The predicted molar refractivity (Wildman–Crippen MR) is 60.8 cm³/mol. The molecular formula is C10H4BrN3O2. The Balaban J connectivity index is 3.01. The summed E-state index contributed by atoms with van der Waals surface area (Å²) in [4.78, 5) is 14.2. The molecular weight excluding hydrogens is 274 g/mol. The van der Waals surface area contributed by atoms with E-state index in [-0.39, 0.29) is 16.8 Å². The number of pyridine rings is 1. The Morgan fingerprint density at radius 1 is 1.50 bits per heavy atom. The third-order valence-corrected chi connectivity index (χ3v) is 2.78. The van der Waals surface area contributed by atoms with Crippen molar-refractivity contribution in [3.8, 4) is 6.07 Å². The molecule has 0 fully saturated rings. The van der Waals surface area contributed by atoms with Crippen LogP contribution in [0.4, 0.5) is 5.69 Å². The monoisotopic (exact) mass is 277 g/mol. The summed E-state index contributed by atoms with van der Waals surface area (Å²) in [5.74, 6) is 0. The van der Waals surface area contributed by atoms with E-state index < -0.39 is 4.92 Å². The molecule has 0 aliphatic rings. The molecule has 6 heteroatoms. The second kappa shape index (κ2) is 3.87. The molecule has 0 saturated carbocycles. The molecule has 0 radical (unpaired) electrons. The molecule has 0 aliphatic heterocycles. The zero-order valence-corrected chi connectivity index (χ0v) is 9.43. The lowest BCUT2D eigenvalue weighted by atomic mass is 10.1. The molecule has 2 aromatic rings. The Morgan fingerprint density at radius 2 is 2.25 bits per heavy atom. The highest BCUT2D eigenvalue weighted by Gasteiger charge is 2.17. The Bertz CT molecular complexity index is 634. The normalized spacial score (nSPS) is 10.0. The van der Waals surface area contributed by atoms with Gasteiger partial charge in [-0.2, -0.15) is 5.26 Å². The van der Waals surface area contributed by atoms with Crippen molar-refractivity contribution >= 4 is 32.4 Å². The van der Waals surface area contributed by atoms with E-state index >= 15 is 0 Å². The molecule has 78 valence electrons. The van der Waals surface area contributed by atoms with Gasteiger partial charge in [-0.05, 0) is 15.9 Å². The van der Waals surface area contributed by atoms with E-state index in [1.807, 2.05) is 6.07 Å². The SMILES string of the molecule is N#Cc1ncc(Br)c2cccc([N+](=O)[O-])c12. The molecule has 0 bridgehead atoms. The maximum absolute atomic E-state index is 10.8. The maximum atomic E-state index is 10.8. The number of hydrogen-bond acceptors (Lipinski definition) is 4. The largest absolute Gasteiger partial charge is 0.280 e. The summed E-state index contributed by atoms with van der Waals surface area (Å²) < 4.78 is 0.630. The minimum atomic E-state index is -0.517. The van der Waals surface area contributed by atoms with E-state index in [1.165, 1.54) is 12.3 Å². The number of nitrogens with zero attached hydrogens (tertiary/aromatic N) is 3. The van der Waals surface area contributed by atoms with Gasteiger partial charge in [0.05, 0.1) is 10.3 Å². The molecule has 0 spiro atoms. The van der Waals surface area contributed by atoms with Crippen molar-refractivity contribution in [1.29, 1.82) is 5.26 Å². The van der Waals surface area contributed by atoms with Crippen LogP contribution in [0, 0.1) is 21.4 Å². The standard InChI is InChI=1S/C10H4BrN3O2/c11-7-5-13-8(4-12)10-6(7)2-1-3-9(10)14(15)16/h1-3,5H. The van der Waals surface area contributed by atoms with E-state index in [9.17, 15) is 10.1 Å². The smallest absolute Gasteiger partial charge is 0.258 e. The fourth-order valence-corrected chi connectivity index (χ4v) is 1.91. The first-order valence-electron chi connectivity index (χ1n) is 4.27. The highest BCUT2D eigenvalue weighted by atomic mass is 79.9. The van der Waals surface area contributed by atoms with Gasteiger partial charge in [0.1, 0.15) is 6.07 Å². The summed E-state index contributed by atoms with van der Waals surface area (Å²) >= 11 is 3.25. The van der Waals surface area contributed by atoms with Crippen molar-refractivity contribution in [3.05, 3.63) is 44.7 Å². The van der Waals surface area contributed by atoms with Crippen molar-refractivity contribution in [2.24, 2.45) is 0 Å². The number of aromatic nitrogens is 1. The topological polar surface area (TPSA) is 79.8 Å². The van der Waals surface area contributed by atoms with Gasteiger partial charge in [0.15, 0.2) is 5.69 Å². The molecule has 16 heavy (non-hydrogen) atoms. The van der Waals surface area contributed by atoms with E-state index in [0.717, 1.165) is 0 Å². The Labute approximate surface area is 98.6 Å². The number of halogens is 1. The lowest BCUT2D eigenvalue weighted by molar-refractivity contribution is -0.383. The molecule has 2 rings (SSSR count). The van der Waals surface area contributed by atoms with Gasteiger partial charge in [0, 0.05) is 22.1 Å². The van der Waals surface area contributed by atoms with Crippen LogP contribution in [0.1, 0.15) is 5.69 Å². The number of nitro benzene ring substituents is 1. The fraction of sp³-hybridized carbons (Fsp3) is 0. The minimum absolute atomic E-state index is 0.0606. The van der Waals surface area contributed by atoms with Gasteiger partial charge in [-0.1, -0.05) is 12.1 Å². The highest BCUT2D eigenvalue weighted by Crippen LogP contribution is 2.31. The number of non-ortho nitro benzene ring substituents is 1. The van der Waals surface area contributed by atoms with Crippen LogP contribution in [0.15, 0.2) is 28.9 Å². The van der Waals surface area contributed by atoms with E-state index in [1.54, 1.807) is 12.1 Å². The predicted octanol–water partition coefficient (Wildman–Crippen LogP) is 2.78. The maximum Gasteiger partial charge on any atom is 0.280 e. The molecule has 0 atom stereocenters. The molecule has 0 amide bonds. The second-order valence-electron chi connectivity index (χ2n) is 3.02. The molecule has 1 heterocycles. The van der Waals surface area contributed by atoms with E-state index in [4.69, 9.17) is 5.26 Å². The summed E-state index contributed by atoms with van der Waals surface area (Å²) in [6.07, 6.45) is 1.46. The van der Waals surface area contributed by atoms with E-state index in [2.05, 4.69) is 20.9 Å². The lowest BCUT2D eigenvalue weighted by Crippen LogP contribution is -1.94.